The normalized spacial score (nSPS) is 20.9. The van der Waals surface area contributed by atoms with E-state index >= 15 is 0 Å². The number of rotatable bonds is 5. The number of hydrogen-bond acceptors (Lipinski definition) is 5. The number of aryl methyl sites for hydroxylation is 1. The van der Waals surface area contributed by atoms with E-state index in [1.807, 2.05) is 34.1 Å². The topological polar surface area (TPSA) is 71.1 Å². The van der Waals surface area contributed by atoms with Crippen molar-refractivity contribution >= 4 is 11.8 Å². The minimum atomic E-state index is -0.254. The van der Waals surface area contributed by atoms with Gasteiger partial charge < -0.3 is 24.6 Å². The van der Waals surface area contributed by atoms with Crippen molar-refractivity contribution in [3.05, 3.63) is 29.8 Å². The molecule has 2 heterocycles. The fourth-order valence-electron chi connectivity index (χ4n) is 3.53. The third-order valence-corrected chi connectivity index (χ3v) is 5.17. The average molecular weight is 375 g/mol. The van der Waals surface area contributed by atoms with Gasteiger partial charge in [-0.15, -0.1) is 0 Å². The van der Waals surface area contributed by atoms with Crippen LogP contribution < -0.4 is 10.1 Å². The zero-order valence-electron chi connectivity index (χ0n) is 16.0. The van der Waals surface area contributed by atoms with Crippen molar-refractivity contribution in [1.82, 2.24) is 15.1 Å². The van der Waals surface area contributed by atoms with Crippen LogP contribution in [0, 0.1) is 0 Å². The molecule has 27 heavy (non-hydrogen) atoms. The highest BCUT2D eigenvalue weighted by Crippen LogP contribution is 2.14. The summed E-state index contributed by atoms with van der Waals surface area (Å²) < 4.78 is 10.5. The molecule has 0 bridgehead atoms. The van der Waals surface area contributed by atoms with Gasteiger partial charge in [-0.3, -0.25) is 9.59 Å². The molecule has 1 atom stereocenters. The zero-order chi connectivity index (χ0) is 19.1. The van der Waals surface area contributed by atoms with E-state index in [9.17, 15) is 9.59 Å². The van der Waals surface area contributed by atoms with Gasteiger partial charge in [-0.25, -0.2) is 0 Å². The summed E-state index contributed by atoms with van der Waals surface area (Å²) in [5.74, 6) is 1.06. The van der Waals surface area contributed by atoms with Crippen LogP contribution in [0.15, 0.2) is 24.3 Å². The van der Waals surface area contributed by atoms with Crippen LogP contribution in [-0.4, -0.2) is 80.7 Å². The van der Waals surface area contributed by atoms with Crippen molar-refractivity contribution in [3.63, 3.8) is 0 Å². The number of nitrogens with zero attached hydrogens (tertiary/aromatic N) is 2. The molecule has 0 aliphatic carbocycles. The summed E-state index contributed by atoms with van der Waals surface area (Å²) >= 11 is 0. The maximum Gasteiger partial charge on any atom is 0.242 e. The predicted molar refractivity (Wildman–Crippen MR) is 102 cm³/mol. The van der Waals surface area contributed by atoms with E-state index in [0.717, 1.165) is 17.7 Å². The number of benzene rings is 1. The second-order valence-corrected chi connectivity index (χ2v) is 6.99. The van der Waals surface area contributed by atoms with Crippen LogP contribution in [0.25, 0.3) is 0 Å². The molecule has 2 aliphatic heterocycles. The maximum absolute atomic E-state index is 12.6. The van der Waals surface area contributed by atoms with E-state index in [1.54, 1.807) is 7.11 Å². The third-order valence-electron chi connectivity index (χ3n) is 5.17. The second kappa shape index (κ2) is 9.71. The van der Waals surface area contributed by atoms with Crippen molar-refractivity contribution in [3.8, 4) is 5.75 Å². The molecule has 1 aromatic carbocycles. The minimum Gasteiger partial charge on any atom is -0.497 e. The van der Waals surface area contributed by atoms with Crippen molar-refractivity contribution in [1.29, 1.82) is 0 Å². The number of nitrogens with one attached hydrogen (secondary N) is 1. The first kappa shape index (κ1) is 19.6. The molecular formula is C20H29N3O4. The van der Waals surface area contributed by atoms with Gasteiger partial charge in [0.15, 0.2) is 0 Å². The maximum atomic E-state index is 12.6. The van der Waals surface area contributed by atoms with Gasteiger partial charge in [0.25, 0.3) is 0 Å². The minimum absolute atomic E-state index is 0.0854. The van der Waals surface area contributed by atoms with Gasteiger partial charge in [-0.1, -0.05) is 12.1 Å². The molecule has 2 saturated heterocycles. The van der Waals surface area contributed by atoms with E-state index in [0.29, 0.717) is 58.8 Å². The SMILES string of the molecule is COc1ccc(CCC(=O)N2CCCN(C(=O)C3COCCN3)CC2)cc1. The van der Waals surface area contributed by atoms with Crippen molar-refractivity contribution in [2.45, 2.75) is 25.3 Å². The van der Waals surface area contributed by atoms with E-state index in [1.165, 1.54) is 0 Å². The first-order chi connectivity index (χ1) is 13.2. The van der Waals surface area contributed by atoms with Gasteiger partial charge in [-0.2, -0.15) is 0 Å². The third kappa shape index (κ3) is 5.43. The lowest BCUT2D eigenvalue weighted by Gasteiger charge is -2.29. The van der Waals surface area contributed by atoms with Gasteiger partial charge in [0, 0.05) is 39.1 Å². The lowest BCUT2D eigenvalue weighted by atomic mass is 10.1. The molecular weight excluding hydrogens is 346 g/mol. The van der Waals surface area contributed by atoms with Crippen molar-refractivity contribution < 1.29 is 19.1 Å². The Bertz CT molecular complexity index is 629. The number of hydrogen-bond donors (Lipinski definition) is 1. The van der Waals surface area contributed by atoms with Gasteiger partial charge >= 0.3 is 0 Å². The molecule has 3 rings (SSSR count). The van der Waals surface area contributed by atoms with Crippen LogP contribution in [-0.2, 0) is 20.7 Å². The standard InChI is InChI=1S/C20H29N3O4/c1-26-17-6-3-16(4-7-17)5-8-19(24)22-10-2-11-23(13-12-22)20(25)18-15-27-14-9-21-18/h3-4,6-7,18,21H,2,5,8-15H2,1H3. The molecule has 148 valence electrons. The predicted octanol–water partition coefficient (Wildman–Crippen LogP) is 0.677. The summed E-state index contributed by atoms with van der Waals surface area (Å²) in [5.41, 5.74) is 1.12. The summed E-state index contributed by atoms with van der Waals surface area (Å²) in [6.45, 7) is 4.38. The first-order valence-corrected chi connectivity index (χ1v) is 9.68. The summed E-state index contributed by atoms with van der Waals surface area (Å²) in [4.78, 5) is 29.0. The fraction of sp³-hybridized carbons (Fsp3) is 0.600. The van der Waals surface area contributed by atoms with Crippen LogP contribution in [0.2, 0.25) is 0 Å². The molecule has 1 unspecified atom stereocenters. The number of amides is 2. The Kier molecular flexibility index (Phi) is 7.06. The molecule has 0 radical (unpaired) electrons. The zero-order valence-corrected chi connectivity index (χ0v) is 16.0. The summed E-state index contributed by atoms with van der Waals surface area (Å²) in [7, 11) is 1.64. The van der Waals surface area contributed by atoms with E-state index in [2.05, 4.69) is 5.32 Å². The number of carbonyl (C=O) groups is 2. The lowest BCUT2D eigenvalue weighted by molar-refractivity contribution is -0.137. The highest BCUT2D eigenvalue weighted by molar-refractivity contribution is 5.82. The molecule has 0 aromatic heterocycles. The molecule has 1 N–H and O–H groups in total. The van der Waals surface area contributed by atoms with E-state index < -0.39 is 0 Å². The fourth-order valence-corrected chi connectivity index (χ4v) is 3.53. The molecule has 0 spiro atoms. The van der Waals surface area contributed by atoms with E-state index in [4.69, 9.17) is 9.47 Å². The first-order valence-electron chi connectivity index (χ1n) is 9.68. The Labute approximate surface area is 160 Å². The monoisotopic (exact) mass is 375 g/mol. The van der Waals surface area contributed by atoms with E-state index in [-0.39, 0.29) is 17.9 Å². The molecule has 7 heteroatoms. The lowest BCUT2D eigenvalue weighted by Crippen LogP contribution is -2.53. The van der Waals surface area contributed by atoms with Crippen LogP contribution in [0.1, 0.15) is 18.4 Å². The van der Waals surface area contributed by atoms with Gasteiger partial charge in [0.1, 0.15) is 11.8 Å². The van der Waals surface area contributed by atoms with Gasteiger partial charge in [0.05, 0.1) is 20.3 Å². The number of ether oxygens (including phenoxy) is 2. The number of methoxy groups -OCH3 is 1. The van der Waals surface area contributed by atoms with Crippen molar-refractivity contribution in [2.24, 2.45) is 0 Å². The molecule has 2 aliphatic rings. The smallest absolute Gasteiger partial charge is 0.242 e. The Morgan fingerprint density at radius 2 is 1.89 bits per heavy atom. The summed E-state index contributed by atoms with van der Waals surface area (Å²) in [5, 5.41) is 3.21. The van der Waals surface area contributed by atoms with Crippen LogP contribution in [0.3, 0.4) is 0 Å². The second-order valence-electron chi connectivity index (χ2n) is 6.99. The molecule has 7 nitrogen and oxygen atoms in total. The Balaban J connectivity index is 1.46. The van der Waals surface area contributed by atoms with Crippen LogP contribution in [0.4, 0.5) is 0 Å². The summed E-state index contributed by atoms with van der Waals surface area (Å²) in [6, 6.07) is 7.56. The Morgan fingerprint density at radius 3 is 2.59 bits per heavy atom. The summed E-state index contributed by atoms with van der Waals surface area (Å²) in [6.07, 6.45) is 2.01. The Hall–Kier alpha value is -2.12. The highest BCUT2D eigenvalue weighted by atomic mass is 16.5. The molecule has 2 fully saturated rings. The quantitative estimate of drug-likeness (QED) is 0.819. The Morgan fingerprint density at radius 1 is 1.15 bits per heavy atom. The molecule has 2 amide bonds. The highest BCUT2D eigenvalue weighted by Gasteiger charge is 2.28. The van der Waals surface area contributed by atoms with Crippen LogP contribution >= 0.6 is 0 Å². The number of morpholine rings is 1. The molecule has 1 aromatic rings. The van der Waals surface area contributed by atoms with Crippen LogP contribution in [0.5, 0.6) is 5.75 Å². The van der Waals surface area contributed by atoms with Gasteiger partial charge in [0.2, 0.25) is 11.8 Å². The van der Waals surface area contributed by atoms with Gasteiger partial charge in [-0.05, 0) is 30.5 Å². The molecule has 0 saturated carbocycles. The largest absolute Gasteiger partial charge is 0.497 e. The number of carbonyl (C=O) groups excluding carboxylic acids is 2. The van der Waals surface area contributed by atoms with Crippen molar-refractivity contribution in [2.75, 3.05) is 53.0 Å². The average Bonchev–Trinajstić information content (AvgIpc) is 2.99.